The first kappa shape index (κ1) is 34.0. The second-order valence-electron chi connectivity index (χ2n) is 12.8. The molecule has 12 heteroatoms. The Morgan fingerprint density at radius 2 is 1.83 bits per heavy atom. The molecular formula is C34H46N4O7S. The zero-order valence-electron chi connectivity index (χ0n) is 27.2. The van der Waals surface area contributed by atoms with E-state index in [1.54, 1.807) is 0 Å². The number of alkyl carbamates (subject to hydrolysis) is 1. The third kappa shape index (κ3) is 7.62. The summed E-state index contributed by atoms with van der Waals surface area (Å²) in [7, 11) is 1.82. The van der Waals surface area contributed by atoms with E-state index in [-0.39, 0.29) is 30.7 Å². The fraction of sp³-hybridized carbons (Fsp3) is 0.559. The van der Waals surface area contributed by atoms with Gasteiger partial charge >= 0.3 is 6.09 Å². The lowest BCUT2D eigenvalue weighted by Crippen LogP contribution is -2.58. The third-order valence-electron chi connectivity index (χ3n) is 9.27. The van der Waals surface area contributed by atoms with Gasteiger partial charge in [-0.3, -0.25) is 9.59 Å². The van der Waals surface area contributed by atoms with E-state index in [0.717, 1.165) is 40.8 Å². The van der Waals surface area contributed by atoms with Gasteiger partial charge in [-0.25, -0.2) is 4.79 Å². The van der Waals surface area contributed by atoms with Crippen molar-refractivity contribution in [3.63, 3.8) is 0 Å². The van der Waals surface area contributed by atoms with Crippen LogP contribution in [0, 0.1) is 19.8 Å². The number of amides is 3. The zero-order chi connectivity index (χ0) is 33.0. The molecule has 0 saturated carbocycles. The number of nitrogens with one attached hydrogen (secondary N) is 3. The van der Waals surface area contributed by atoms with Crippen LogP contribution in [0.5, 0.6) is 0 Å². The van der Waals surface area contributed by atoms with Gasteiger partial charge in [0.2, 0.25) is 5.91 Å². The highest BCUT2D eigenvalue weighted by atomic mass is 32.2. The molecule has 3 amide bonds. The number of nitrogens with zero attached hydrogens (tertiary/aromatic N) is 1. The van der Waals surface area contributed by atoms with E-state index in [4.69, 9.17) is 14.2 Å². The Balaban J connectivity index is 1.31. The van der Waals surface area contributed by atoms with Crippen molar-refractivity contribution in [1.29, 1.82) is 0 Å². The second-order valence-corrected chi connectivity index (χ2v) is 14.4. The summed E-state index contributed by atoms with van der Waals surface area (Å²) >= 11 is 1.47. The van der Waals surface area contributed by atoms with Crippen LogP contribution in [0.1, 0.15) is 48.9 Å². The van der Waals surface area contributed by atoms with Gasteiger partial charge in [-0.05, 0) is 81.3 Å². The first-order valence-electron chi connectivity index (χ1n) is 15.9. The van der Waals surface area contributed by atoms with E-state index < -0.39 is 47.3 Å². The lowest BCUT2D eigenvalue weighted by molar-refractivity contribution is -0.152. The topological polar surface area (TPSA) is 138 Å². The molecule has 3 aliphatic rings. The molecular weight excluding hydrogens is 608 g/mol. The summed E-state index contributed by atoms with van der Waals surface area (Å²) in [5.41, 5.74) is 4.88. The molecule has 0 aliphatic carbocycles. The molecule has 0 radical (unpaired) electrons. The summed E-state index contributed by atoms with van der Waals surface area (Å²) in [6.45, 7) is 9.00. The lowest BCUT2D eigenvalue weighted by atomic mass is 9.96. The highest BCUT2D eigenvalue weighted by Gasteiger charge is 2.50. The number of carbonyl (C=O) groups is 3. The minimum Gasteiger partial charge on any atom is -0.443 e. The minimum atomic E-state index is -1.63. The Labute approximate surface area is 275 Å². The molecule has 3 fully saturated rings. The van der Waals surface area contributed by atoms with Crippen LogP contribution < -0.4 is 16.0 Å². The summed E-state index contributed by atoms with van der Waals surface area (Å²) in [5, 5.41) is 20.5. The van der Waals surface area contributed by atoms with Gasteiger partial charge in [0.1, 0.15) is 12.1 Å². The van der Waals surface area contributed by atoms with Crippen molar-refractivity contribution in [2.45, 2.75) is 88.8 Å². The average molecular weight is 655 g/mol. The number of aliphatic hydroxyl groups excluding tert-OH is 1. The third-order valence-corrected chi connectivity index (χ3v) is 10.6. The Morgan fingerprint density at radius 1 is 1.11 bits per heavy atom. The van der Waals surface area contributed by atoms with Crippen LogP contribution in [0.2, 0.25) is 0 Å². The largest absolute Gasteiger partial charge is 0.443 e. The van der Waals surface area contributed by atoms with Crippen LogP contribution in [-0.2, 0) is 36.8 Å². The number of thioether (sulfide) groups is 1. The van der Waals surface area contributed by atoms with Crippen molar-refractivity contribution < 1.29 is 33.7 Å². The standard InChI is InChI=1S/C34H46N4O7S/c1-20-8-6-9-21(2)25(20)17-36-30(40)29-34(3,4)46-19-38(29)31(41)28(39)26(16-22-11-13-23(35-5)14-12-22)37-33(42)45-27-18-44-32-24(27)10-7-15-43-32/h6,8-9,11-14,24,26-29,32,35,39H,7,10,15-19H2,1-5H3,(H,36,40)(H,37,42)/t24-,26+,27-,28+,29-,32+/m1/s1. The normalized spacial score (nSPS) is 24.9. The van der Waals surface area contributed by atoms with Crippen molar-refractivity contribution in [2.75, 3.05) is 31.5 Å². The van der Waals surface area contributed by atoms with Gasteiger partial charge in [-0.15, -0.1) is 11.8 Å². The maximum Gasteiger partial charge on any atom is 0.407 e. The molecule has 4 N–H and O–H groups in total. The predicted molar refractivity (Wildman–Crippen MR) is 176 cm³/mol. The number of ether oxygens (including phenoxy) is 3. The quantitative estimate of drug-likeness (QED) is 0.303. The second kappa shape index (κ2) is 14.6. The molecule has 46 heavy (non-hydrogen) atoms. The van der Waals surface area contributed by atoms with E-state index >= 15 is 0 Å². The van der Waals surface area contributed by atoms with Gasteiger partial charge in [-0.2, -0.15) is 0 Å². The summed E-state index contributed by atoms with van der Waals surface area (Å²) in [6, 6.07) is 11.6. The lowest BCUT2D eigenvalue weighted by Gasteiger charge is -2.33. The van der Waals surface area contributed by atoms with E-state index in [1.165, 1.54) is 16.7 Å². The maximum atomic E-state index is 14.0. The number of aryl methyl sites for hydroxylation is 2. The van der Waals surface area contributed by atoms with E-state index in [9.17, 15) is 19.5 Å². The Kier molecular flexibility index (Phi) is 10.8. The van der Waals surface area contributed by atoms with Crippen LogP contribution in [0.4, 0.5) is 10.5 Å². The number of fused-ring (bicyclic) bond motifs is 1. The highest BCUT2D eigenvalue weighted by Crippen LogP contribution is 2.40. The van der Waals surface area contributed by atoms with Crippen LogP contribution in [0.15, 0.2) is 42.5 Å². The van der Waals surface area contributed by atoms with Crippen LogP contribution >= 0.6 is 11.8 Å². The Hall–Kier alpha value is -3.32. The van der Waals surface area contributed by atoms with E-state index in [1.807, 2.05) is 77.2 Å². The molecule has 0 bridgehead atoms. The predicted octanol–water partition coefficient (Wildman–Crippen LogP) is 3.49. The zero-order valence-corrected chi connectivity index (χ0v) is 28.0. The SMILES string of the molecule is CNc1ccc(C[C@H](NC(=O)O[C@@H]2CO[C@@H]3OCCC[C@@H]32)[C@H](O)C(=O)N2CSC(C)(C)[C@H]2C(=O)NCc2c(C)cccc2C)cc1. The number of aliphatic hydroxyl groups is 1. The molecule has 3 heterocycles. The van der Waals surface area contributed by atoms with Gasteiger partial charge in [0.15, 0.2) is 12.4 Å². The molecule has 6 atom stereocenters. The summed E-state index contributed by atoms with van der Waals surface area (Å²) in [6.07, 6.45) is -1.43. The number of benzene rings is 2. The first-order chi connectivity index (χ1) is 22.0. The van der Waals surface area contributed by atoms with Crippen LogP contribution in [0.3, 0.4) is 0 Å². The molecule has 11 nitrogen and oxygen atoms in total. The van der Waals surface area contributed by atoms with Gasteiger partial charge in [0.05, 0.1) is 18.5 Å². The fourth-order valence-electron chi connectivity index (χ4n) is 6.53. The van der Waals surface area contributed by atoms with Gasteiger partial charge < -0.3 is 40.2 Å². The van der Waals surface area contributed by atoms with Gasteiger partial charge in [0.25, 0.3) is 5.91 Å². The number of hydrogen-bond acceptors (Lipinski definition) is 9. The fourth-order valence-corrected chi connectivity index (χ4v) is 7.67. The summed E-state index contributed by atoms with van der Waals surface area (Å²) in [4.78, 5) is 42.4. The Bertz CT molecular complexity index is 1380. The van der Waals surface area contributed by atoms with E-state index in [0.29, 0.717) is 13.2 Å². The highest BCUT2D eigenvalue weighted by molar-refractivity contribution is 8.00. The van der Waals surface area contributed by atoms with Crippen molar-refractivity contribution in [2.24, 2.45) is 5.92 Å². The average Bonchev–Trinajstić information content (AvgIpc) is 3.59. The number of hydrogen-bond donors (Lipinski definition) is 4. The number of anilines is 1. The molecule has 3 saturated heterocycles. The molecule has 0 unspecified atom stereocenters. The molecule has 0 spiro atoms. The molecule has 250 valence electrons. The van der Waals surface area contributed by atoms with Gasteiger partial charge in [0, 0.05) is 36.6 Å². The number of rotatable bonds is 10. The van der Waals surface area contributed by atoms with Crippen molar-refractivity contribution in [3.05, 3.63) is 64.7 Å². The maximum absolute atomic E-state index is 14.0. The Morgan fingerprint density at radius 3 is 2.52 bits per heavy atom. The molecule has 2 aromatic carbocycles. The molecule has 0 aromatic heterocycles. The van der Waals surface area contributed by atoms with Crippen molar-refractivity contribution in [1.82, 2.24) is 15.5 Å². The van der Waals surface area contributed by atoms with Crippen LogP contribution in [-0.4, -0.2) is 89.4 Å². The number of carbonyl (C=O) groups excluding carboxylic acids is 3. The molecule has 5 rings (SSSR count). The molecule has 3 aliphatic heterocycles. The smallest absolute Gasteiger partial charge is 0.407 e. The summed E-state index contributed by atoms with van der Waals surface area (Å²) in [5.74, 6) is -0.770. The van der Waals surface area contributed by atoms with Crippen molar-refractivity contribution in [3.8, 4) is 0 Å². The van der Waals surface area contributed by atoms with E-state index in [2.05, 4.69) is 16.0 Å². The van der Waals surface area contributed by atoms with Crippen LogP contribution in [0.25, 0.3) is 0 Å². The molecule has 2 aromatic rings. The van der Waals surface area contributed by atoms with Crippen molar-refractivity contribution >= 4 is 35.4 Å². The van der Waals surface area contributed by atoms with Gasteiger partial charge in [-0.1, -0.05) is 30.3 Å². The first-order valence-corrected chi connectivity index (χ1v) is 16.9. The monoisotopic (exact) mass is 654 g/mol. The summed E-state index contributed by atoms with van der Waals surface area (Å²) < 4.78 is 16.5. The minimum absolute atomic E-state index is 0.0646.